The lowest BCUT2D eigenvalue weighted by molar-refractivity contribution is 0.645. The maximum atomic E-state index is 13.0. The topological polar surface area (TPSA) is 86.9 Å². The van der Waals surface area contributed by atoms with Gasteiger partial charge in [0, 0.05) is 12.1 Å². The van der Waals surface area contributed by atoms with E-state index >= 15 is 0 Å². The number of rotatable bonds is 1. The number of imidazole rings is 1. The molecule has 3 heterocycles. The van der Waals surface area contributed by atoms with Crippen molar-refractivity contribution in [3.05, 3.63) is 63.8 Å². The summed E-state index contributed by atoms with van der Waals surface area (Å²) in [6.07, 6.45) is 0. The van der Waals surface area contributed by atoms with Crippen LogP contribution in [-0.2, 0) is 7.05 Å². The summed E-state index contributed by atoms with van der Waals surface area (Å²) in [5.74, 6) is 0.881. The van der Waals surface area contributed by atoms with E-state index in [1.165, 1.54) is 0 Å². The van der Waals surface area contributed by atoms with E-state index in [2.05, 4.69) is 9.97 Å². The summed E-state index contributed by atoms with van der Waals surface area (Å²) in [6, 6.07) is 14.4. The SMILES string of the molecule is Cn1c(-c2cc3c(=O)c4cc(Cl)ccc4oc3nc2N)nc2ccccc21. The van der Waals surface area contributed by atoms with Crippen LogP contribution >= 0.6 is 11.6 Å². The highest BCUT2D eigenvalue weighted by Crippen LogP contribution is 2.30. The van der Waals surface area contributed by atoms with Gasteiger partial charge in [0.1, 0.15) is 17.2 Å². The Morgan fingerprint density at radius 3 is 2.70 bits per heavy atom. The highest BCUT2D eigenvalue weighted by molar-refractivity contribution is 6.31. The molecule has 5 rings (SSSR count). The van der Waals surface area contributed by atoms with Crippen LogP contribution in [0.3, 0.4) is 0 Å². The molecule has 0 amide bonds. The Kier molecular flexibility index (Phi) is 3.26. The summed E-state index contributed by atoms with van der Waals surface area (Å²) in [5, 5.41) is 1.20. The quantitative estimate of drug-likeness (QED) is 0.444. The largest absolute Gasteiger partial charge is 0.437 e. The lowest BCUT2D eigenvalue weighted by Crippen LogP contribution is -2.06. The third-order valence-corrected chi connectivity index (χ3v) is 4.92. The molecule has 2 N–H and O–H groups in total. The molecular weight excluding hydrogens is 364 g/mol. The van der Waals surface area contributed by atoms with Crippen molar-refractivity contribution >= 4 is 50.5 Å². The summed E-state index contributed by atoms with van der Waals surface area (Å²) < 4.78 is 7.69. The van der Waals surface area contributed by atoms with Crippen LogP contribution in [0.5, 0.6) is 0 Å². The van der Waals surface area contributed by atoms with Gasteiger partial charge in [0.2, 0.25) is 11.1 Å². The molecule has 6 nitrogen and oxygen atoms in total. The van der Waals surface area contributed by atoms with Gasteiger partial charge in [-0.3, -0.25) is 4.79 Å². The van der Waals surface area contributed by atoms with Gasteiger partial charge in [-0.25, -0.2) is 4.98 Å². The average molecular weight is 377 g/mol. The van der Waals surface area contributed by atoms with Crippen molar-refractivity contribution < 1.29 is 4.42 Å². The third-order valence-electron chi connectivity index (χ3n) is 4.68. The van der Waals surface area contributed by atoms with E-state index in [1.54, 1.807) is 24.3 Å². The number of nitrogens with two attached hydrogens (primary N) is 1. The lowest BCUT2D eigenvalue weighted by Gasteiger charge is -2.08. The minimum Gasteiger partial charge on any atom is -0.437 e. The molecule has 3 aromatic heterocycles. The Morgan fingerprint density at radius 2 is 1.89 bits per heavy atom. The molecule has 132 valence electrons. The normalized spacial score (nSPS) is 11.6. The number of nitrogens with zero attached hydrogens (tertiary/aromatic N) is 3. The molecule has 0 aliphatic heterocycles. The molecule has 27 heavy (non-hydrogen) atoms. The predicted octanol–water partition coefficient (Wildman–Crippen LogP) is 4.13. The summed E-state index contributed by atoms with van der Waals surface area (Å²) in [5.41, 5.74) is 8.96. The molecule has 0 saturated heterocycles. The Hall–Kier alpha value is -3.38. The second kappa shape index (κ2) is 5.56. The van der Waals surface area contributed by atoms with E-state index in [0.29, 0.717) is 32.8 Å². The van der Waals surface area contributed by atoms with Gasteiger partial charge in [-0.15, -0.1) is 0 Å². The van der Waals surface area contributed by atoms with Crippen LogP contribution in [0.15, 0.2) is 57.7 Å². The molecule has 0 radical (unpaired) electrons. The van der Waals surface area contributed by atoms with Gasteiger partial charge < -0.3 is 14.7 Å². The fourth-order valence-corrected chi connectivity index (χ4v) is 3.51. The number of anilines is 1. The van der Waals surface area contributed by atoms with Crippen molar-refractivity contribution in [3.8, 4) is 11.4 Å². The summed E-state index contributed by atoms with van der Waals surface area (Å²) >= 11 is 6.03. The highest BCUT2D eigenvalue weighted by Gasteiger charge is 2.17. The molecule has 0 spiro atoms. The van der Waals surface area contributed by atoms with E-state index in [0.717, 1.165) is 11.0 Å². The minimum absolute atomic E-state index is 0.190. The van der Waals surface area contributed by atoms with Crippen molar-refractivity contribution in [1.82, 2.24) is 14.5 Å². The van der Waals surface area contributed by atoms with E-state index in [4.69, 9.17) is 21.8 Å². The minimum atomic E-state index is -0.207. The molecule has 5 aromatic rings. The van der Waals surface area contributed by atoms with Crippen LogP contribution in [-0.4, -0.2) is 14.5 Å². The van der Waals surface area contributed by atoms with E-state index < -0.39 is 0 Å². The second-order valence-corrected chi connectivity index (χ2v) is 6.77. The summed E-state index contributed by atoms with van der Waals surface area (Å²) in [7, 11) is 1.90. The zero-order valence-electron chi connectivity index (χ0n) is 14.2. The number of fused-ring (bicyclic) bond motifs is 3. The lowest BCUT2D eigenvalue weighted by atomic mass is 10.1. The van der Waals surface area contributed by atoms with Crippen molar-refractivity contribution in [2.45, 2.75) is 0 Å². The molecule has 0 fully saturated rings. The number of halogens is 1. The standard InChI is InChI=1S/C20H13ClN4O2/c1-25-15-5-3-2-4-14(15)23-19(25)13-9-12-17(26)11-8-10(21)6-7-16(11)27-20(12)24-18(13)22/h2-9H,1H3,(H2,22,24). The van der Waals surface area contributed by atoms with Gasteiger partial charge in [0.15, 0.2) is 0 Å². The van der Waals surface area contributed by atoms with Crippen LogP contribution in [0.2, 0.25) is 5.02 Å². The number of aryl methyl sites for hydroxylation is 1. The third kappa shape index (κ3) is 2.30. The van der Waals surface area contributed by atoms with E-state index in [-0.39, 0.29) is 17.0 Å². The highest BCUT2D eigenvalue weighted by atomic mass is 35.5. The van der Waals surface area contributed by atoms with Crippen molar-refractivity contribution in [2.75, 3.05) is 5.73 Å². The predicted molar refractivity (Wildman–Crippen MR) is 107 cm³/mol. The molecule has 0 saturated carbocycles. The van der Waals surface area contributed by atoms with E-state index in [1.807, 2.05) is 35.9 Å². The van der Waals surface area contributed by atoms with Gasteiger partial charge in [0.25, 0.3) is 0 Å². The number of hydrogen-bond donors (Lipinski definition) is 1. The first-order chi connectivity index (χ1) is 13.0. The van der Waals surface area contributed by atoms with Gasteiger partial charge >= 0.3 is 0 Å². The molecular formula is C20H13ClN4O2. The zero-order valence-corrected chi connectivity index (χ0v) is 15.0. The molecule has 7 heteroatoms. The first-order valence-electron chi connectivity index (χ1n) is 8.27. The maximum absolute atomic E-state index is 13.0. The number of aromatic nitrogens is 3. The Morgan fingerprint density at radius 1 is 1.07 bits per heavy atom. The van der Waals surface area contributed by atoms with Crippen molar-refractivity contribution in [3.63, 3.8) is 0 Å². The molecule has 0 atom stereocenters. The van der Waals surface area contributed by atoms with Crippen molar-refractivity contribution in [2.24, 2.45) is 7.05 Å². The fourth-order valence-electron chi connectivity index (χ4n) is 3.33. The fraction of sp³-hybridized carbons (Fsp3) is 0.0500. The monoisotopic (exact) mass is 376 g/mol. The first-order valence-corrected chi connectivity index (χ1v) is 8.65. The Labute approximate surface area is 157 Å². The van der Waals surface area contributed by atoms with Gasteiger partial charge in [-0.2, -0.15) is 4.98 Å². The van der Waals surface area contributed by atoms with Crippen LogP contribution in [0.1, 0.15) is 0 Å². The Bertz CT molecular complexity index is 1440. The Balaban J connectivity index is 1.86. The van der Waals surface area contributed by atoms with Crippen LogP contribution < -0.4 is 11.2 Å². The molecule has 2 aromatic carbocycles. The molecule has 0 unspecified atom stereocenters. The van der Waals surface area contributed by atoms with Gasteiger partial charge in [0.05, 0.1) is 27.4 Å². The van der Waals surface area contributed by atoms with Crippen LogP contribution in [0.25, 0.3) is 44.5 Å². The van der Waals surface area contributed by atoms with Crippen LogP contribution in [0, 0.1) is 0 Å². The summed E-state index contributed by atoms with van der Waals surface area (Å²) in [4.78, 5) is 21.9. The van der Waals surface area contributed by atoms with Crippen LogP contribution in [0.4, 0.5) is 5.82 Å². The number of benzene rings is 2. The molecule has 0 aliphatic carbocycles. The summed E-state index contributed by atoms with van der Waals surface area (Å²) in [6.45, 7) is 0. The van der Waals surface area contributed by atoms with Gasteiger partial charge in [-0.1, -0.05) is 23.7 Å². The maximum Gasteiger partial charge on any atom is 0.232 e. The second-order valence-electron chi connectivity index (χ2n) is 6.33. The molecule has 0 aliphatic rings. The first kappa shape index (κ1) is 15.8. The number of para-hydroxylation sites is 2. The zero-order chi connectivity index (χ0) is 18.7. The number of nitrogen functional groups attached to an aromatic ring is 1. The smallest absolute Gasteiger partial charge is 0.232 e. The molecule has 0 bridgehead atoms. The average Bonchev–Trinajstić information content (AvgIpc) is 2.99. The number of pyridine rings is 1. The number of hydrogen-bond acceptors (Lipinski definition) is 5. The van der Waals surface area contributed by atoms with E-state index in [9.17, 15) is 4.79 Å². The van der Waals surface area contributed by atoms with Gasteiger partial charge in [-0.05, 0) is 36.4 Å². The van der Waals surface area contributed by atoms with Crippen molar-refractivity contribution in [1.29, 1.82) is 0 Å².